The van der Waals surface area contributed by atoms with Gasteiger partial charge in [-0.1, -0.05) is 13.8 Å². The molecular formula is C5H11O2Rb. The Morgan fingerprint density at radius 2 is 2.12 bits per heavy atom. The summed E-state index contributed by atoms with van der Waals surface area (Å²) in [6.45, 7) is 3.56. The Hall–Kier alpha value is 1.28. The molecular weight excluding hydrogens is 178 g/mol. The van der Waals surface area contributed by atoms with E-state index in [0.29, 0.717) is 0 Å². The summed E-state index contributed by atoms with van der Waals surface area (Å²) < 4.78 is 0. The van der Waals surface area contributed by atoms with Gasteiger partial charge in [0.05, 0.1) is 5.92 Å². The molecule has 0 amide bonds. The number of hydrogen-bond donors (Lipinski definition) is 1. The van der Waals surface area contributed by atoms with Crippen LogP contribution in [0.5, 0.6) is 0 Å². The van der Waals surface area contributed by atoms with Crippen molar-refractivity contribution in [3.63, 3.8) is 0 Å². The molecule has 0 aliphatic rings. The first-order valence-corrected chi connectivity index (χ1v) is 2.41. The standard InChI is InChI=1S/C5H10O2.Rb.H/c1-3-4(2)5(6)7;;/h4H,3H2,1-2H3,(H,6,7);;. The van der Waals surface area contributed by atoms with E-state index in [-0.39, 0.29) is 64.1 Å². The maximum atomic E-state index is 9.93. The summed E-state index contributed by atoms with van der Waals surface area (Å²) in [5, 5.41) is 8.18. The molecule has 3 heteroatoms. The summed E-state index contributed by atoms with van der Waals surface area (Å²) in [5.41, 5.74) is 0. The molecule has 0 rings (SSSR count). The predicted molar refractivity (Wildman–Crippen MR) is 34.2 cm³/mol. The Bertz CT molecular complexity index is 72.8. The number of carboxylic acid groups (broad SMARTS) is 1. The van der Waals surface area contributed by atoms with Gasteiger partial charge in [0.25, 0.3) is 0 Å². The fourth-order valence-corrected chi connectivity index (χ4v) is 0.175. The molecule has 1 unspecified atom stereocenters. The van der Waals surface area contributed by atoms with Crippen molar-refractivity contribution >= 4 is 64.2 Å². The summed E-state index contributed by atoms with van der Waals surface area (Å²) in [6, 6.07) is 0. The van der Waals surface area contributed by atoms with Crippen molar-refractivity contribution in [1.82, 2.24) is 0 Å². The second-order valence-electron chi connectivity index (χ2n) is 1.65. The van der Waals surface area contributed by atoms with Gasteiger partial charge in [-0.15, -0.1) is 0 Å². The molecule has 1 N–H and O–H groups in total. The predicted octanol–water partition coefficient (Wildman–Crippen LogP) is 0.469. The minimum atomic E-state index is -0.706. The average Bonchev–Trinajstić information content (AvgIpc) is 1.65. The van der Waals surface area contributed by atoms with Crippen LogP contribution in [0.15, 0.2) is 0 Å². The van der Waals surface area contributed by atoms with Crippen LogP contribution in [0.4, 0.5) is 0 Å². The Kier molecular flexibility index (Phi) is 9.59. The van der Waals surface area contributed by atoms with Crippen LogP contribution in [0.25, 0.3) is 0 Å². The van der Waals surface area contributed by atoms with E-state index < -0.39 is 5.97 Å². The van der Waals surface area contributed by atoms with E-state index in [9.17, 15) is 4.79 Å². The van der Waals surface area contributed by atoms with Crippen LogP contribution < -0.4 is 0 Å². The van der Waals surface area contributed by atoms with Crippen LogP contribution in [0.2, 0.25) is 0 Å². The zero-order valence-electron chi connectivity index (χ0n) is 4.64. The molecule has 1 atom stereocenters. The van der Waals surface area contributed by atoms with E-state index in [0.717, 1.165) is 6.42 Å². The molecule has 0 spiro atoms. The number of aliphatic carboxylic acids is 1. The monoisotopic (exact) mass is 188 g/mol. The number of hydrogen-bond acceptors (Lipinski definition) is 1. The third-order valence-electron chi connectivity index (χ3n) is 1.03. The molecule has 0 heterocycles. The van der Waals surface area contributed by atoms with Crippen molar-refractivity contribution in [1.29, 1.82) is 0 Å². The van der Waals surface area contributed by atoms with Crippen LogP contribution in [0, 0.1) is 5.92 Å². The summed E-state index contributed by atoms with van der Waals surface area (Å²) in [7, 11) is 0. The van der Waals surface area contributed by atoms with Crippen LogP contribution in [0.1, 0.15) is 20.3 Å². The van der Waals surface area contributed by atoms with Crippen molar-refractivity contribution in [2.75, 3.05) is 0 Å². The fourth-order valence-electron chi connectivity index (χ4n) is 0.175. The van der Waals surface area contributed by atoms with E-state index in [2.05, 4.69) is 0 Å². The maximum absolute atomic E-state index is 9.93. The fraction of sp³-hybridized carbons (Fsp3) is 0.800. The average molecular weight is 189 g/mol. The van der Waals surface area contributed by atoms with Crippen LogP contribution in [0.3, 0.4) is 0 Å². The first kappa shape index (κ1) is 12.0. The van der Waals surface area contributed by atoms with E-state index in [4.69, 9.17) is 5.11 Å². The van der Waals surface area contributed by atoms with Gasteiger partial charge in [0.15, 0.2) is 0 Å². The molecule has 0 bridgehead atoms. The van der Waals surface area contributed by atoms with Crippen LogP contribution in [-0.2, 0) is 4.79 Å². The molecule has 0 aromatic rings. The topological polar surface area (TPSA) is 37.3 Å². The third kappa shape index (κ3) is 5.41. The zero-order valence-corrected chi connectivity index (χ0v) is 4.64. The van der Waals surface area contributed by atoms with Gasteiger partial charge >= 0.3 is 64.2 Å². The summed E-state index contributed by atoms with van der Waals surface area (Å²) in [5.74, 6) is -0.887. The quantitative estimate of drug-likeness (QED) is 0.684. The van der Waals surface area contributed by atoms with Gasteiger partial charge in [-0.3, -0.25) is 4.79 Å². The summed E-state index contributed by atoms with van der Waals surface area (Å²) >= 11 is 0. The normalized spacial score (nSPS) is 11.8. The first-order chi connectivity index (χ1) is 3.18. The molecule has 0 aliphatic heterocycles. The van der Waals surface area contributed by atoms with E-state index >= 15 is 0 Å². The van der Waals surface area contributed by atoms with Crippen LogP contribution >= 0.6 is 0 Å². The van der Waals surface area contributed by atoms with Gasteiger partial charge in [-0.25, -0.2) is 0 Å². The van der Waals surface area contributed by atoms with E-state index in [1.165, 1.54) is 0 Å². The molecule has 0 saturated carbocycles. The van der Waals surface area contributed by atoms with Crippen molar-refractivity contribution in [2.45, 2.75) is 20.3 Å². The molecule has 8 heavy (non-hydrogen) atoms. The number of carbonyl (C=O) groups is 1. The van der Waals surface area contributed by atoms with Gasteiger partial charge in [0, 0.05) is 0 Å². The Labute approximate surface area is 98.4 Å². The van der Waals surface area contributed by atoms with Gasteiger partial charge < -0.3 is 5.11 Å². The van der Waals surface area contributed by atoms with Gasteiger partial charge in [0.2, 0.25) is 0 Å². The number of carboxylic acids is 1. The van der Waals surface area contributed by atoms with E-state index in [1.54, 1.807) is 6.92 Å². The number of rotatable bonds is 2. The molecule has 44 valence electrons. The summed E-state index contributed by atoms with van der Waals surface area (Å²) in [6.07, 6.45) is 0.718. The molecule has 0 radical (unpaired) electrons. The Morgan fingerprint density at radius 1 is 1.75 bits per heavy atom. The minimum absolute atomic E-state index is 0. The van der Waals surface area contributed by atoms with Gasteiger partial charge in [0.1, 0.15) is 0 Å². The summed E-state index contributed by atoms with van der Waals surface area (Å²) in [4.78, 5) is 9.93. The van der Waals surface area contributed by atoms with Gasteiger partial charge in [-0.2, -0.15) is 0 Å². The van der Waals surface area contributed by atoms with Crippen molar-refractivity contribution in [3.8, 4) is 0 Å². The zero-order chi connectivity index (χ0) is 5.86. The van der Waals surface area contributed by atoms with Crippen LogP contribution in [-0.4, -0.2) is 69.3 Å². The Morgan fingerprint density at radius 3 is 2.12 bits per heavy atom. The molecule has 0 fully saturated rings. The molecule has 0 aromatic heterocycles. The van der Waals surface area contributed by atoms with E-state index in [1.807, 2.05) is 6.92 Å². The SMILES string of the molecule is CCC(C)C(=O)O.[RbH]. The van der Waals surface area contributed by atoms with Crippen molar-refractivity contribution < 1.29 is 9.90 Å². The second-order valence-corrected chi connectivity index (χ2v) is 1.65. The van der Waals surface area contributed by atoms with Crippen molar-refractivity contribution in [2.24, 2.45) is 5.92 Å². The molecule has 2 nitrogen and oxygen atoms in total. The second kappa shape index (κ2) is 6.40. The molecule has 0 aliphatic carbocycles. The first-order valence-electron chi connectivity index (χ1n) is 2.41. The van der Waals surface area contributed by atoms with Gasteiger partial charge in [-0.05, 0) is 6.42 Å². The molecule has 0 aromatic carbocycles. The van der Waals surface area contributed by atoms with Crippen molar-refractivity contribution in [3.05, 3.63) is 0 Å². The Balaban J connectivity index is 0. The molecule has 0 saturated heterocycles. The third-order valence-corrected chi connectivity index (χ3v) is 1.03.